The number of rotatable bonds is 8. The van der Waals surface area contributed by atoms with Crippen LogP contribution in [0.4, 0.5) is 5.95 Å². The summed E-state index contributed by atoms with van der Waals surface area (Å²) >= 11 is 0. The molecule has 0 unspecified atom stereocenters. The van der Waals surface area contributed by atoms with Gasteiger partial charge in [0.05, 0.1) is 5.56 Å². The Kier molecular flexibility index (Phi) is 6.54. The zero-order chi connectivity index (χ0) is 16.5. The fraction of sp³-hybridized carbons (Fsp3) is 0.389. The minimum Gasteiger partial charge on any atom is -0.350 e. The van der Waals surface area contributed by atoms with Gasteiger partial charge in [-0.15, -0.1) is 0 Å². The molecular formula is C18H24N4O. The molecule has 0 saturated carbocycles. The molecule has 1 heterocycles. The molecule has 1 N–H and O–H groups in total. The highest BCUT2D eigenvalue weighted by molar-refractivity contribution is 5.93. The van der Waals surface area contributed by atoms with E-state index >= 15 is 0 Å². The first-order chi connectivity index (χ1) is 11.2. The summed E-state index contributed by atoms with van der Waals surface area (Å²) in [5, 5.41) is 3.16. The number of carbonyl (C=O) groups is 1. The van der Waals surface area contributed by atoms with Crippen molar-refractivity contribution in [1.82, 2.24) is 14.9 Å². The van der Waals surface area contributed by atoms with Crippen molar-refractivity contribution in [2.24, 2.45) is 0 Å². The molecule has 1 aromatic carbocycles. The van der Waals surface area contributed by atoms with Gasteiger partial charge >= 0.3 is 0 Å². The van der Waals surface area contributed by atoms with E-state index in [-0.39, 0.29) is 5.91 Å². The number of hydrogen-bond donors (Lipinski definition) is 1. The summed E-state index contributed by atoms with van der Waals surface area (Å²) in [6.07, 6.45) is 5.09. The first kappa shape index (κ1) is 16.9. The van der Waals surface area contributed by atoms with Crippen molar-refractivity contribution in [3.8, 4) is 0 Å². The van der Waals surface area contributed by atoms with Crippen LogP contribution in [0.3, 0.4) is 0 Å². The maximum atomic E-state index is 12.4. The molecule has 1 aromatic heterocycles. The minimum atomic E-state index is 0.00306. The molecule has 0 atom stereocenters. The summed E-state index contributed by atoms with van der Waals surface area (Å²) in [4.78, 5) is 22.8. The van der Waals surface area contributed by atoms with E-state index < -0.39 is 0 Å². The molecule has 0 radical (unpaired) electrons. The molecule has 1 amide bonds. The lowest BCUT2D eigenvalue weighted by Gasteiger charge is -2.21. The van der Waals surface area contributed by atoms with Crippen molar-refractivity contribution in [1.29, 1.82) is 0 Å². The third-order valence-electron chi connectivity index (χ3n) is 3.47. The average Bonchev–Trinajstić information content (AvgIpc) is 2.60. The van der Waals surface area contributed by atoms with E-state index in [0.717, 1.165) is 31.5 Å². The van der Waals surface area contributed by atoms with Gasteiger partial charge in [-0.25, -0.2) is 9.97 Å². The normalized spacial score (nSPS) is 10.3. The van der Waals surface area contributed by atoms with E-state index in [1.165, 1.54) is 0 Å². The van der Waals surface area contributed by atoms with Crippen molar-refractivity contribution in [2.45, 2.75) is 33.2 Å². The van der Waals surface area contributed by atoms with Gasteiger partial charge in [0.2, 0.25) is 5.95 Å². The second-order valence-electron chi connectivity index (χ2n) is 5.43. The van der Waals surface area contributed by atoms with Crippen molar-refractivity contribution in [2.75, 3.05) is 18.4 Å². The van der Waals surface area contributed by atoms with Gasteiger partial charge in [0.25, 0.3) is 5.91 Å². The Morgan fingerprint density at radius 3 is 2.22 bits per heavy atom. The Balaban J connectivity index is 1.96. The molecule has 23 heavy (non-hydrogen) atoms. The van der Waals surface area contributed by atoms with Gasteiger partial charge in [-0.2, -0.15) is 0 Å². The van der Waals surface area contributed by atoms with Crippen LogP contribution in [0.5, 0.6) is 0 Å². The molecular weight excluding hydrogens is 288 g/mol. The maximum Gasteiger partial charge on any atom is 0.256 e. The summed E-state index contributed by atoms with van der Waals surface area (Å²) in [5.41, 5.74) is 1.70. The van der Waals surface area contributed by atoms with Crippen LogP contribution in [0.15, 0.2) is 42.7 Å². The van der Waals surface area contributed by atoms with Gasteiger partial charge in [0.1, 0.15) is 0 Å². The topological polar surface area (TPSA) is 58.1 Å². The SMILES string of the molecule is CCCN(CCC)C(=O)c1cnc(NCc2ccccc2)nc1. The molecule has 2 rings (SSSR count). The van der Waals surface area contributed by atoms with Crippen molar-refractivity contribution in [3.63, 3.8) is 0 Å². The van der Waals surface area contributed by atoms with Gasteiger partial charge < -0.3 is 10.2 Å². The predicted molar refractivity (Wildman–Crippen MR) is 92.3 cm³/mol. The predicted octanol–water partition coefficient (Wildman–Crippen LogP) is 3.35. The monoisotopic (exact) mass is 312 g/mol. The zero-order valence-corrected chi connectivity index (χ0v) is 13.8. The molecule has 0 spiro atoms. The van der Waals surface area contributed by atoms with Crippen LogP contribution < -0.4 is 5.32 Å². The fourth-order valence-corrected chi connectivity index (χ4v) is 2.34. The summed E-state index contributed by atoms with van der Waals surface area (Å²) in [5.74, 6) is 0.534. The lowest BCUT2D eigenvalue weighted by molar-refractivity contribution is 0.0754. The summed E-state index contributed by atoms with van der Waals surface area (Å²) < 4.78 is 0. The van der Waals surface area contributed by atoms with Crippen molar-refractivity contribution >= 4 is 11.9 Å². The largest absolute Gasteiger partial charge is 0.350 e. The number of nitrogens with zero attached hydrogens (tertiary/aromatic N) is 3. The number of hydrogen-bond acceptors (Lipinski definition) is 4. The average molecular weight is 312 g/mol. The molecule has 122 valence electrons. The van der Waals surface area contributed by atoms with Crippen molar-refractivity contribution in [3.05, 3.63) is 53.9 Å². The van der Waals surface area contributed by atoms with Gasteiger partial charge in [0, 0.05) is 32.0 Å². The maximum absolute atomic E-state index is 12.4. The zero-order valence-electron chi connectivity index (χ0n) is 13.8. The van der Waals surface area contributed by atoms with E-state index in [4.69, 9.17) is 0 Å². The van der Waals surface area contributed by atoms with Crippen LogP contribution in [-0.2, 0) is 6.54 Å². The molecule has 0 saturated heterocycles. The second-order valence-corrected chi connectivity index (χ2v) is 5.43. The number of amides is 1. The first-order valence-electron chi connectivity index (χ1n) is 8.13. The Hall–Kier alpha value is -2.43. The van der Waals surface area contributed by atoms with Crippen LogP contribution in [0.1, 0.15) is 42.6 Å². The fourth-order valence-electron chi connectivity index (χ4n) is 2.34. The van der Waals surface area contributed by atoms with E-state index in [1.807, 2.05) is 35.2 Å². The first-order valence-corrected chi connectivity index (χ1v) is 8.13. The molecule has 0 aliphatic carbocycles. The van der Waals surface area contributed by atoms with Crippen LogP contribution in [0.2, 0.25) is 0 Å². The number of anilines is 1. The molecule has 5 nitrogen and oxygen atoms in total. The lowest BCUT2D eigenvalue weighted by Crippen LogP contribution is -2.32. The van der Waals surface area contributed by atoms with Crippen molar-refractivity contribution < 1.29 is 4.79 Å². The van der Waals surface area contributed by atoms with Gasteiger partial charge in [-0.1, -0.05) is 44.2 Å². The molecule has 0 aliphatic rings. The number of benzene rings is 1. The number of carbonyl (C=O) groups excluding carboxylic acids is 1. The van der Waals surface area contributed by atoms with Gasteiger partial charge in [-0.05, 0) is 18.4 Å². The Labute approximate surface area is 137 Å². The highest BCUT2D eigenvalue weighted by Gasteiger charge is 2.15. The quantitative estimate of drug-likeness (QED) is 0.812. The van der Waals surface area contributed by atoms with Crippen LogP contribution in [-0.4, -0.2) is 33.9 Å². The van der Waals surface area contributed by atoms with Gasteiger partial charge in [-0.3, -0.25) is 4.79 Å². The standard InChI is InChI=1S/C18H24N4O/c1-3-10-22(11-4-2)17(23)16-13-20-18(21-14-16)19-12-15-8-6-5-7-9-15/h5-9,13-14H,3-4,10-12H2,1-2H3,(H,19,20,21). The van der Waals surface area contributed by atoms with Crippen LogP contribution in [0, 0.1) is 0 Å². The van der Waals surface area contributed by atoms with E-state index in [0.29, 0.717) is 18.1 Å². The van der Waals surface area contributed by atoms with Crippen LogP contribution in [0.25, 0.3) is 0 Å². The Morgan fingerprint density at radius 1 is 1.04 bits per heavy atom. The molecule has 5 heteroatoms. The Morgan fingerprint density at radius 2 is 1.65 bits per heavy atom. The third-order valence-corrected chi connectivity index (χ3v) is 3.47. The number of nitrogens with one attached hydrogen (secondary N) is 1. The van der Waals surface area contributed by atoms with E-state index in [2.05, 4.69) is 29.1 Å². The smallest absolute Gasteiger partial charge is 0.256 e. The third kappa shape index (κ3) is 5.06. The molecule has 0 bridgehead atoms. The summed E-state index contributed by atoms with van der Waals surface area (Å²) in [7, 11) is 0. The van der Waals surface area contributed by atoms with Crippen LogP contribution >= 0.6 is 0 Å². The lowest BCUT2D eigenvalue weighted by atomic mass is 10.2. The second kappa shape index (κ2) is 8.88. The summed E-state index contributed by atoms with van der Waals surface area (Å²) in [6.45, 7) is 6.33. The minimum absolute atomic E-state index is 0.00306. The molecule has 2 aromatic rings. The highest BCUT2D eigenvalue weighted by atomic mass is 16.2. The summed E-state index contributed by atoms with van der Waals surface area (Å²) in [6, 6.07) is 10.1. The molecule has 0 aliphatic heterocycles. The van der Waals surface area contributed by atoms with E-state index in [9.17, 15) is 4.79 Å². The number of aromatic nitrogens is 2. The van der Waals surface area contributed by atoms with E-state index in [1.54, 1.807) is 12.4 Å². The molecule has 0 fully saturated rings. The Bertz CT molecular complexity index is 592. The van der Waals surface area contributed by atoms with Gasteiger partial charge in [0.15, 0.2) is 0 Å². The highest BCUT2D eigenvalue weighted by Crippen LogP contribution is 2.08.